The van der Waals surface area contributed by atoms with Gasteiger partial charge in [0.05, 0.1) is 5.04 Å². The van der Waals surface area contributed by atoms with Gasteiger partial charge in [-0.05, 0) is 18.6 Å². The van der Waals surface area contributed by atoms with Crippen LogP contribution in [0.3, 0.4) is 0 Å². The van der Waals surface area contributed by atoms with E-state index in [-0.39, 0.29) is 0 Å². The van der Waals surface area contributed by atoms with Crippen LogP contribution in [-0.4, -0.2) is 17.8 Å². The summed E-state index contributed by atoms with van der Waals surface area (Å²) in [6.45, 7) is 9.58. The fourth-order valence-electron chi connectivity index (χ4n) is 0.413. The van der Waals surface area contributed by atoms with Crippen molar-refractivity contribution in [1.82, 2.24) is 0 Å². The summed E-state index contributed by atoms with van der Waals surface area (Å²) in [4.78, 5) is 4.39. The maximum absolute atomic E-state index is 4.39. The van der Waals surface area contributed by atoms with E-state index in [1.165, 1.54) is 5.04 Å². The highest BCUT2D eigenvalue weighted by Gasteiger charge is 2.07. The van der Waals surface area contributed by atoms with Crippen LogP contribution in [0.1, 0.15) is 27.7 Å². The van der Waals surface area contributed by atoms with Crippen molar-refractivity contribution < 1.29 is 0 Å². The van der Waals surface area contributed by atoms with E-state index in [4.69, 9.17) is 0 Å². The van der Waals surface area contributed by atoms with Crippen LogP contribution < -0.4 is 0 Å². The molecule has 0 aromatic carbocycles. The predicted molar refractivity (Wildman–Crippen MR) is 50.9 cm³/mol. The van der Waals surface area contributed by atoms with Gasteiger partial charge in [-0.1, -0.05) is 20.8 Å². The van der Waals surface area contributed by atoms with Crippen molar-refractivity contribution in [3.8, 4) is 0 Å². The maximum Gasteiger partial charge on any atom is 0.0642 e. The molecule has 0 fully saturated rings. The van der Waals surface area contributed by atoms with Gasteiger partial charge in [0.1, 0.15) is 0 Å². The summed E-state index contributed by atoms with van der Waals surface area (Å²) in [5.74, 6) is 0. The monoisotopic (exact) mass is 159 g/mol. The Morgan fingerprint density at radius 1 is 1.40 bits per heavy atom. The summed E-state index contributed by atoms with van der Waals surface area (Å²) in [6.07, 6.45) is 2.06. The molecule has 0 rings (SSSR count). The fraction of sp³-hybridized carbons (Fsp3) is 0.875. The van der Waals surface area contributed by atoms with Crippen molar-refractivity contribution in [3.05, 3.63) is 0 Å². The van der Waals surface area contributed by atoms with Gasteiger partial charge in [0.2, 0.25) is 0 Å². The highest BCUT2D eigenvalue weighted by Crippen LogP contribution is 2.13. The van der Waals surface area contributed by atoms with E-state index < -0.39 is 0 Å². The van der Waals surface area contributed by atoms with Gasteiger partial charge in [-0.3, -0.25) is 4.99 Å². The molecule has 0 radical (unpaired) electrons. The summed E-state index contributed by atoms with van der Waals surface area (Å²) in [6, 6.07) is 0. The Labute approximate surface area is 68.3 Å². The SMILES string of the molecule is CS/C(C)=N/CC(C)(C)C. The quantitative estimate of drug-likeness (QED) is 0.423. The Hall–Kier alpha value is 0.0200. The van der Waals surface area contributed by atoms with Crippen LogP contribution in [0.4, 0.5) is 0 Å². The van der Waals surface area contributed by atoms with Crippen molar-refractivity contribution in [3.63, 3.8) is 0 Å². The Morgan fingerprint density at radius 2 is 1.90 bits per heavy atom. The molecule has 0 aliphatic heterocycles. The van der Waals surface area contributed by atoms with Gasteiger partial charge in [-0.25, -0.2) is 0 Å². The van der Waals surface area contributed by atoms with Crippen LogP contribution in [0.15, 0.2) is 4.99 Å². The van der Waals surface area contributed by atoms with E-state index in [0.717, 1.165) is 6.54 Å². The van der Waals surface area contributed by atoms with Crippen molar-refractivity contribution in [2.45, 2.75) is 27.7 Å². The van der Waals surface area contributed by atoms with Gasteiger partial charge in [0.15, 0.2) is 0 Å². The summed E-state index contributed by atoms with van der Waals surface area (Å²) >= 11 is 1.72. The molecule has 1 nitrogen and oxygen atoms in total. The first-order valence-electron chi connectivity index (χ1n) is 3.51. The lowest BCUT2D eigenvalue weighted by Gasteiger charge is -2.14. The lowest BCUT2D eigenvalue weighted by atomic mass is 9.97. The molecule has 2 heteroatoms. The van der Waals surface area contributed by atoms with Crippen LogP contribution in [0.2, 0.25) is 0 Å². The molecule has 0 amide bonds. The standard InChI is InChI=1S/C8H17NS/c1-7(10-5)9-6-8(2,3)4/h6H2,1-5H3/b9-7+. The van der Waals surface area contributed by atoms with Gasteiger partial charge in [0, 0.05) is 6.54 Å². The fourth-order valence-corrected chi connectivity index (χ4v) is 0.607. The molecule has 0 aliphatic carbocycles. The normalized spacial score (nSPS) is 13.9. The maximum atomic E-state index is 4.39. The average Bonchev–Trinajstić information content (AvgIpc) is 1.81. The zero-order valence-electron chi connectivity index (χ0n) is 7.56. The van der Waals surface area contributed by atoms with Gasteiger partial charge < -0.3 is 0 Å². The molecule has 0 heterocycles. The van der Waals surface area contributed by atoms with E-state index in [9.17, 15) is 0 Å². The first-order chi connectivity index (χ1) is 4.45. The molecular formula is C8H17NS. The van der Waals surface area contributed by atoms with E-state index in [1.807, 2.05) is 0 Å². The zero-order chi connectivity index (χ0) is 8.20. The third-order valence-corrected chi connectivity index (χ3v) is 1.79. The number of thioether (sulfide) groups is 1. The minimum absolute atomic E-state index is 0.330. The molecule has 10 heavy (non-hydrogen) atoms. The Kier molecular flexibility index (Phi) is 4.02. The van der Waals surface area contributed by atoms with Crippen LogP contribution in [0.5, 0.6) is 0 Å². The minimum atomic E-state index is 0.330. The van der Waals surface area contributed by atoms with Gasteiger partial charge >= 0.3 is 0 Å². The molecule has 0 saturated heterocycles. The topological polar surface area (TPSA) is 12.4 Å². The van der Waals surface area contributed by atoms with Crippen molar-refractivity contribution in [2.75, 3.05) is 12.8 Å². The second-order valence-electron chi connectivity index (χ2n) is 3.60. The molecule has 0 aromatic heterocycles. The first kappa shape index (κ1) is 10.0. The number of rotatable bonds is 1. The zero-order valence-corrected chi connectivity index (χ0v) is 8.38. The molecule has 0 saturated carbocycles. The van der Waals surface area contributed by atoms with Crippen molar-refractivity contribution in [2.24, 2.45) is 10.4 Å². The molecule has 0 atom stereocenters. The second kappa shape index (κ2) is 4.02. The van der Waals surface area contributed by atoms with Gasteiger partial charge in [-0.15, -0.1) is 11.8 Å². The Bertz CT molecular complexity index is 122. The van der Waals surface area contributed by atoms with Crippen LogP contribution in [0.25, 0.3) is 0 Å². The van der Waals surface area contributed by atoms with Crippen LogP contribution >= 0.6 is 11.8 Å². The molecule has 0 aromatic rings. The average molecular weight is 159 g/mol. The molecule has 60 valence electrons. The number of nitrogens with zero attached hydrogens (tertiary/aromatic N) is 1. The third-order valence-electron chi connectivity index (χ3n) is 1.07. The Balaban J connectivity index is 3.73. The third kappa shape index (κ3) is 6.14. The lowest BCUT2D eigenvalue weighted by molar-refractivity contribution is 0.430. The second-order valence-corrected chi connectivity index (χ2v) is 4.60. The van der Waals surface area contributed by atoms with Crippen LogP contribution in [-0.2, 0) is 0 Å². The van der Waals surface area contributed by atoms with Crippen molar-refractivity contribution >= 4 is 16.8 Å². The molecule has 0 unspecified atom stereocenters. The highest BCUT2D eigenvalue weighted by molar-refractivity contribution is 8.13. The van der Waals surface area contributed by atoms with E-state index in [2.05, 4.69) is 38.9 Å². The molecule has 0 aliphatic rings. The highest BCUT2D eigenvalue weighted by atomic mass is 32.2. The van der Waals surface area contributed by atoms with Gasteiger partial charge in [-0.2, -0.15) is 0 Å². The minimum Gasteiger partial charge on any atom is -0.283 e. The summed E-state index contributed by atoms with van der Waals surface area (Å²) in [5.41, 5.74) is 0.330. The largest absolute Gasteiger partial charge is 0.283 e. The molecular weight excluding hydrogens is 142 g/mol. The summed E-state index contributed by atoms with van der Waals surface area (Å²) in [7, 11) is 0. The number of hydrogen-bond acceptors (Lipinski definition) is 2. The van der Waals surface area contributed by atoms with E-state index in [0.29, 0.717) is 5.41 Å². The Morgan fingerprint density at radius 3 is 2.20 bits per heavy atom. The van der Waals surface area contributed by atoms with Crippen molar-refractivity contribution in [1.29, 1.82) is 0 Å². The number of aliphatic imine (C=N–C) groups is 1. The smallest absolute Gasteiger partial charge is 0.0642 e. The molecule has 0 N–H and O–H groups in total. The molecule has 0 spiro atoms. The van der Waals surface area contributed by atoms with E-state index in [1.54, 1.807) is 11.8 Å². The van der Waals surface area contributed by atoms with Crippen LogP contribution in [0, 0.1) is 5.41 Å². The summed E-state index contributed by atoms with van der Waals surface area (Å²) < 4.78 is 0. The van der Waals surface area contributed by atoms with E-state index >= 15 is 0 Å². The lowest BCUT2D eigenvalue weighted by Crippen LogP contribution is -2.10. The summed E-state index contributed by atoms with van der Waals surface area (Å²) in [5, 5.41) is 1.18. The molecule has 0 bridgehead atoms. The van der Waals surface area contributed by atoms with Gasteiger partial charge in [0.25, 0.3) is 0 Å². The predicted octanol–water partition coefficient (Wildman–Crippen LogP) is 2.81. The first-order valence-corrected chi connectivity index (χ1v) is 4.73. The number of hydrogen-bond donors (Lipinski definition) is 0.